The first kappa shape index (κ1) is 16.3. The van der Waals surface area contributed by atoms with E-state index in [-0.39, 0.29) is 11.7 Å². The molecule has 0 unspecified atom stereocenters. The number of nitrogens with zero attached hydrogens (tertiary/aromatic N) is 3. The summed E-state index contributed by atoms with van der Waals surface area (Å²) in [6, 6.07) is 14.9. The summed E-state index contributed by atoms with van der Waals surface area (Å²) in [5.74, 6) is -0.0660. The monoisotopic (exact) mass is 364 g/mol. The van der Waals surface area contributed by atoms with Gasteiger partial charge in [-0.3, -0.25) is 14.8 Å². The molecule has 0 spiro atoms. The number of aryl methyl sites for hydroxylation is 1. The number of carbonyl (C=O) groups excluding carboxylic acids is 1. The highest BCUT2D eigenvalue weighted by molar-refractivity contribution is 7.22. The summed E-state index contributed by atoms with van der Waals surface area (Å²) in [7, 11) is 1.83. The zero-order chi connectivity index (χ0) is 18.1. The largest absolute Gasteiger partial charge is 0.508 e. The van der Waals surface area contributed by atoms with Crippen molar-refractivity contribution in [2.75, 3.05) is 5.32 Å². The maximum absolute atomic E-state index is 12.7. The van der Waals surface area contributed by atoms with Gasteiger partial charge in [-0.15, -0.1) is 0 Å². The van der Waals surface area contributed by atoms with Gasteiger partial charge in [-0.05, 0) is 23.8 Å². The van der Waals surface area contributed by atoms with Crippen LogP contribution in [0.4, 0.5) is 5.13 Å². The summed E-state index contributed by atoms with van der Waals surface area (Å²) < 4.78 is 2.54. The molecule has 2 N–H and O–H groups in total. The first-order valence-electron chi connectivity index (χ1n) is 8.06. The maximum Gasteiger partial charge on any atom is 0.260 e. The van der Waals surface area contributed by atoms with Crippen LogP contribution in [0, 0.1) is 0 Å². The topological polar surface area (TPSA) is 80.0 Å². The molecule has 0 fully saturated rings. The zero-order valence-corrected chi connectivity index (χ0v) is 14.8. The number of hydrogen-bond acceptors (Lipinski definition) is 5. The zero-order valence-electron chi connectivity index (χ0n) is 14.0. The van der Waals surface area contributed by atoms with Crippen molar-refractivity contribution in [1.29, 1.82) is 0 Å². The van der Waals surface area contributed by atoms with Crippen molar-refractivity contribution in [3.63, 3.8) is 0 Å². The normalized spacial score (nSPS) is 11.0. The maximum atomic E-state index is 12.7. The first-order chi connectivity index (χ1) is 12.6. The molecular weight excluding hydrogens is 348 g/mol. The summed E-state index contributed by atoms with van der Waals surface area (Å²) in [6.07, 6.45) is 2.20. The Morgan fingerprint density at radius 3 is 2.85 bits per heavy atom. The summed E-state index contributed by atoms with van der Waals surface area (Å²) in [5, 5.41) is 17.1. The van der Waals surface area contributed by atoms with Crippen LogP contribution in [0.25, 0.3) is 10.2 Å². The van der Waals surface area contributed by atoms with Crippen LogP contribution in [-0.2, 0) is 13.5 Å². The lowest BCUT2D eigenvalue weighted by atomic mass is 10.1. The molecule has 0 saturated heterocycles. The van der Waals surface area contributed by atoms with Gasteiger partial charge in [0.2, 0.25) is 0 Å². The number of hydrogen-bond donors (Lipinski definition) is 2. The Bertz CT molecular complexity index is 1090. The number of nitrogens with one attached hydrogen (secondary N) is 1. The molecule has 0 aliphatic carbocycles. The minimum Gasteiger partial charge on any atom is -0.508 e. The van der Waals surface area contributed by atoms with Gasteiger partial charge in [0.1, 0.15) is 5.75 Å². The van der Waals surface area contributed by atoms with Gasteiger partial charge in [0, 0.05) is 13.5 Å². The van der Waals surface area contributed by atoms with Crippen molar-refractivity contribution < 1.29 is 9.90 Å². The summed E-state index contributed by atoms with van der Waals surface area (Å²) in [6.45, 7) is 0. The fraction of sp³-hybridized carbons (Fsp3) is 0.105. The molecule has 0 radical (unpaired) electrons. The van der Waals surface area contributed by atoms with Crippen LogP contribution in [-0.4, -0.2) is 25.8 Å². The third kappa shape index (κ3) is 3.16. The number of phenols is 1. The van der Waals surface area contributed by atoms with Crippen molar-refractivity contribution in [3.8, 4) is 5.75 Å². The quantitative estimate of drug-likeness (QED) is 0.580. The summed E-state index contributed by atoms with van der Waals surface area (Å²) in [5.41, 5.74) is 3.21. The molecule has 0 saturated carbocycles. The predicted octanol–water partition coefficient (Wildman–Crippen LogP) is 3.58. The van der Waals surface area contributed by atoms with Gasteiger partial charge in [0.25, 0.3) is 5.91 Å². The van der Waals surface area contributed by atoms with Crippen molar-refractivity contribution in [2.24, 2.45) is 7.05 Å². The van der Waals surface area contributed by atoms with Gasteiger partial charge in [-0.25, -0.2) is 4.98 Å². The number of aromatic hydroxyl groups is 1. The van der Waals surface area contributed by atoms with E-state index in [1.54, 1.807) is 29.1 Å². The second-order valence-electron chi connectivity index (χ2n) is 5.92. The highest BCUT2D eigenvalue weighted by atomic mass is 32.1. The van der Waals surface area contributed by atoms with Gasteiger partial charge >= 0.3 is 0 Å². The van der Waals surface area contributed by atoms with Crippen LogP contribution in [0.3, 0.4) is 0 Å². The second-order valence-corrected chi connectivity index (χ2v) is 6.95. The number of thiazole rings is 1. The van der Waals surface area contributed by atoms with Crippen LogP contribution in [0.15, 0.2) is 54.7 Å². The fourth-order valence-electron chi connectivity index (χ4n) is 2.78. The minimum atomic E-state index is -0.243. The van der Waals surface area contributed by atoms with E-state index in [2.05, 4.69) is 15.4 Å². The number of benzene rings is 2. The predicted molar refractivity (Wildman–Crippen MR) is 102 cm³/mol. The van der Waals surface area contributed by atoms with E-state index in [4.69, 9.17) is 0 Å². The molecule has 0 atom stereocenters. The van der Waals surface area contributed by atoms with E-state index >= 15 is 0 Å². The smallest absolute Gasteiger partial charge is 0.260 e. The van der Waals surface area contributed by atoms with Crippen molar-refractivity contribution in [2.45, 2.75) is 6.42 Å². The van der Waals surface area contributed by atoms with E-state index in [0.29, 0.717) is 17.1 Å². The number of fused-ring (bicyclic) bond motifs is 1. The molecule has 2 aromatic carbocycles. The molecule has 130 valence electrons. The molecule has 2 aromatic heterocycles. The number of rotatable bonds is 4. The number of aromatic nitrogens is 3. The molecule has 4 rings (SSSR count). The van der Waals surface area contributed by atoms with Crippen LogP contribution in [0.2, 0.25) is 0 Å². The standard InChI is InChI=1S/C19H16N4O2S/c1-23-16(9-12-5-3-2-4-6-12)14(11-20-23)18(25)22-19-21-15-8-7-13(24)10-17(15)26-19/h2-8,10-11,24H,9H2,1H3,(H,21,22,25). The third-order valence-corrected chi connectivity index (χ3v) is 5.05. The Morgan fingerprint density at radius 1 is 1.23 bits per heavy atom. The average molecular weight is 364 g/mol. The molecule has 26 heavy (non-hydrogen) atoms. The number of carbonyl (C=O) groups is 1. The van der Waals surface area contributed by atoms with E-state index < -0.39 is 0 Å². The van der Waals surface area contributed by atoms with E-state index in [1.807, 2.05) is 37.4 Å². The third-order valence-electron chi connectivity index (χ3n) is 4.11. The van der Waals surface area contributed by atoms with Gasteiger partial charge < -0.3 is 5.11 Å². The molecule has 0 bridgehead atoms. The van der Waals surface area contributed by atoms with Crippen LogP contribution in [0.1, 0.15) is 21.6 Å². The Balaban J connectivity index is 1.60. The molecular formula is C19H16N4O2S. The first-order valence-corrected chi connectivity index (χ1v) is 8.87. The lowest BCUT2D eigenvalue weighted by molar-refractivity contribution is 0.102. The minimum absolute atomic E-state index is 0.177. The average Bonchev–Trinajstić information content (AvgIpc) is 3.19. The molecule has 1 amide bonds. The number of phenolic OH excluding ortho intramolecular Hbond substituents is 1. The van der Waals surface area contributed by atoms with E-state index in [1.165, 1.54) is 11.3 Å². The fourth-order valence-corrected chi connectivity index (χ4v) is 3.68. The highest BCUT2D eigenvalue weighted by Crippen LogP contribution is 2.29. The van der Waals surface area contributed by atoms with Crippen LogP contribution >= 0.6 is 11.3 Å². The Hall–Kier alpha value is -3.19. The van der Waals surface area contributed by atoms with Gasteiger partial charge in [0.15, 0.2) is 5.13 Å². The lowest BCUT2D eigenvalue weighted by Gasteiger charge is -2.06. The summed E-state index contributed by atoms with van der Waals surface area (Å²) >= 11 is 1.32. The highest BCUT2D eigenvalue weighted by Gasteiger charge is 2.18. The van der Waals surface area contributed by atoms with Gasteiger partial charge in [-0.2, -0.15) is 5.10 Å². The number of amides is 1. The van der Waals surface area contributed by atoms with E-state index in [0.717, 1.165) is 21.5 Å². The lowest BCUT2D eigenvalue weighted by Crippen LogP contribution is -2.14. The molecule has 4 aromatic rings. The van der Waals surface area contributed by atoms with Gasteiger partial charge in [-0.1, -0.05) is 41.7 Å². The molecule has 0 aliphatic rings. The Morgan fingerprint density at radius 2 is 2.04 bits per heavy atom. The van der Waals surface area contributed by atoms with Crippen LogP contribution in [0.5, 0.6) is 5.75 Å². The molecule has 7 heteroatoms. The Labute approximate surface area is 153 Å². The molecule has 2 heterocycles. The van der Waals surface area contributed by atoms with Crippen molar-refractivity contribution in [3.05, 3.63) is 71.5 Å². The molecule has 0 aliphatic heterocycles. The second kappa shape index (κ2) is 6.61. The van der Waals surface area contributed by atoms with Crippen LogP contribution < -0.4 is 5.32 Å². The summed E-state index contributed by atoms with van der Waals surface area (Å²) in [4.78, 5) is 17.1. The van der Waals surface area contributed by atoms with Crippen molar-refractivity contribution in [1.82, 2.24) is 14.8 Å². The number of anilines is 1. The molecule has 6 nitrogen and oxygen atoms in total. The van der Waals surface area contributed by atoms with E-state index in [9.17, 15) is 9.90 Å². The van der Waals surface area contributed by atoms with Gasteiger partial charge in [0.05, 0.1) is 27.7 Å². The SMILES string of the molecule is Cn1ncc(C(=O)Nc2nc3ccc(O)cc3s2)c1Cc1ccccc1. The Kier molecular flexibility index (Phi) is 4.14. The van der Waals surface area contributed by atoms with Crippen molar-refractivity contribution >= 4 is 32.6 Å².